The Bertz CT molecular complexity index is 892. The van der Waals surface area contributed by atoms with Crippen LogP contribution in [0, 0.1) is 15.5 Å². The maximum absolute atomic E-state index is 11.3. The number of nitrogens with zero attached hydrogens (tertiary/aromatic N) is 1. The fourth-order valence-corrected chi connectivity index (χ4v) is 2.60. The van der Waals surface area contributed by atoms with Crippen LogP contribution in [0.5, 0.6) is 0 Å². The molecule has 0 spiro atoms. The number of hydrogen-bond acceptors (Lipinski definition) is 4. The minimum absolute atomic E-state index is 0.0254. The van der Waals surface area contributed by atoms with Gasteiger partial charge in [0.15, 0.2) is 0 Å². The van der Waals surface area contributed by atoms with Crippen molar-refractivity contribution in [3.63, 3.8) is 0 Å². The normalized spacial score (nSPS) is 10.2. The van der Waals surface area contributed by atoms with Crippen LogP contribution in [-0.2, 0) is 0 Å². The lowest BCUT2D eigenvalue weighted by atomic mass is 9.97. The zero-order valence-corrected chi connectivity index (χ0v) is 12.8. The third-order valence-corrected chi connectivity index (χ3v) is 3.69. The van der Waals surface area contributed by atoms with Crippen molar-refractivity contribution in [3.05, 3.63) is 88.5 Å². The molecule has 2 N–H and O–H groups in total. The summed E-state index contributed by atoms with van der Waals surface area (Å²) in [6.45, 7) is 0. The van der Waals surface area contributed by atoms with E-state index in [2.05, 4.69) is 5.32 Å². The van der Waals surface area contributed by atoms with Crippen LogP contribution in [0.15, 0.2) is 72.8 Å². The van der Waals surface area contributed by atoms with Crippen molar-refractivity contribution in [2.45, 2.75) is 0 Å². The SMILES string of the molecule is N=Cc1c(Nc2ccccc2)cccc1-c1ccccc1[N+](=O)[O-]. The van der Waals surface area contributed by atoms with Crippen molar-refractivity contribution < 1.29 is 4.92 Å². The van der Waals surface area contributed by atoms with E-state index in [9.17, 15) is 10.1 Å². The van der Waals surface area contributed by atoms with Crippen molar-refractivity contribution in [1.29, 1.82) is 5.41 Å². The van der Waals surface area contributed by atoms with Gasteiger partial charge in [-0.15, -0.1) is 0 Å². The number of nitro benzene ring substituents is 1. The summed E-state index contributed by atoms with van der Waals surface area (Å²) in [6.07, 6.45) is 1.22. The smallest absolute Gasteiger partial charge is 0.277 e. The number of para-hydroxylation sites is 2. The molecule has 0 amide bonds. The Morgan fingerprint density at radius 3 is 2.25 bits per heavy atom. The number of anilines is 2. The molecule has 0 bridgehead atoms. The Morgan fingerprint density at radius 2 is 1.54 bits per heavy atom. The number of benzene rings is 3. The molecular weight excluding hydrogens is 302 g/mol. The minimum atomic E-state index is -0.402. The second-order valence-corrected chi connectivity index (χ2v) is 5.18. The molecule has 3 aromatic rings. The number of hydrogen-bond donors (Lipinski definition) is 2. The number of nitro groups is 1. The fourth-order valence-electron chi connectivity index (χ4n) is 2.60. The third-order valence-electron chi connectivity index (χ3n) is 3.69. The summed E-state index contributed by atoms with van der Waals surface area (Å²) in [5.41, 5.74) is 3.40. The average Bonchev–Trinajstić information content (AvgIpc) is 2.62. The van der Waals surface area contributed by atoms with Gasteiger partial charge in [0.25, 0.3) is 5.69 Å². The Morgan fingerprint density at radius 1 is 0.875 bits per heavy atom. The molecule has 3 rings (SSSR count). The number of rotatable bonds is 5. The Hall–Kier alpha value is -3.47. The van der Waals surface area contributed by atoms with Crippen LogP contribution in [-0.4, -0.2) is 11.1 Å². The van der Waals surface area contributed by atoms with Gasteiger partial charge >= 0.3 is 0 Å². The first-order valence-electron chi connectivity index (χ1n) is 7.40. The first-order chi connectivity index (χ1) is 11.7. The van der Waals surface area contributed by atoms with Gasteiger partial charge in [-0.05, 0) is 29.8 Å². The Balaban J connectivity index is 2.12. The van der Waals surface area contributed by atoms with Gasteiger partial charge in [-0.2, -0.15) is 0 Å². The largest absolute Gasteiger partial charge is 0.355 e. The summed E-state index contributed by atoms with van der Waals surface area (Å²) in [5, 5.41) is 22.3. The predicted octanol–water partition coefficient (Wildman–Crippen LogP) is 5.00. The molecule has 0 aliphatic carbocycles. The van der Waals surface area contributed by atoms with Crippen LogP contribution in [0.3, 0.4) is 0 Å². The Labute approximate surface area is 139 Å². The van der Waals surface area contributed by atoms with Gasteiger partial charge in [-0.25, -0.2) is 0 Å². The molecule has 0 aliphatic heterocycles. The van der Waals surface area contributed by atoms with E-state index in [0.29, 0.717) is 16.7 Å². The van der Waals surface area contributed by atoms with Gasteiger partial charge in [0.2, 0.25) is 0 Å². The van der Waals surface area contributed by atoms with Crippen LogP contribution in [0.25, 0.3) is 11.1 Å². The summed E-state index contributed by atoms with van der Waals surface area (Å²) in [4.78, 5) is 10.9. The zero-order valence-electron chi connectivity index (χ0n) is 12.8. The molecule has 24 heavy (non-hydrogen) atoms. The molecule has 0 atom stereocenters. The van der Waals surface area contributed by atoms with Crippen molar-refractivity contribution in [2.75, 3.05) is 5.32 Å². The van der Waals surface area contributed by atoms with Crippen LogP contribution in [0.2, 0.25) is 0 Å². The van der Waals surface area contributed by atoms with Crippen LogP contribution in [0.4, 0.5) is 17.1 Å². The van der Waals surface area contributed by atoms with Gasteiger partial charge in [0, 0.05) is 29.2 Å². The third kappa shape index (κ3) is 3.01. The molecule has 0 aromatic heterocycles. The lowest BCUT2D eigenvalue weighted by Gasteiger charge is -2.13. The molecule has 3 aromatic carbocycles. The van der Waals surface area contributed by atoms with E-state index in [-0.39, 0.29) is 5.69 Å². The van der Waals surface area contributed by atoms with Crippen LogP contribution in [0.1, 0.15) is 5.56 Å². The van der Waals surface area contributed by atoms with Crippen molar-refractivity contribution in [2.24, 2.45) is 0 Å². The van der Waals surface area contributed by atoms with Gasteiger partial charge in [-0.3, -0.25) is 10.1 Å². The van der Waals surface area contributed by atoms with Crippen molar-refractivity contribution >= 4 is 23.3 Å². The van der Waals surface area contributed by atoms with E-state index in [1.54, 1.807) is 24.3 Å². The van der Waals surface area contributed by atoms with E-state index >= 15 is 0 Å². The van der Waals surface area contributed by atoms with Crippen LogP contribution < -0.4 is 5.32 Å². The summed E-state index contributed by atoms with van der Waals surface area (Å²) in [5.74, 6) is 0. The number of nitrogens with one attached hydrogen (secondary N) is 2. The van der Waals surface area contributed by atoms with Crippen LogP contribution >= 0.6 is 0 Å². The highest BCUT2D eigenvalue weighted by Crippen LogP contribution is 2.35. The molecule has 0 aliphatic rings. The summed E-state index contributed by atoms with van der Waals surface area (Å²) >= 11 is 0. The first kappa shape index (κ1) is 15.4. The molecule has 0 fully saturated rings. The van der Waals surface area contributed by atoms with Gasteiger partial charge < -0.3 is 10.7 Å². The van der Waals surface area contributed by atoms with E-state index in [4.69, 9.17) is 5.41 Å². The topological polar surface area (TPSA) is 79.0 Å². The quantitative estimate of drug-likeness (QED) is 0.394. The summed E-state index contributed by atoms with van der Waals surface area (Å²) in [6, 6.07) is 21.6. The molecule has 0 saturated carbocycles. The van der Waals surface area contributed by atoms with E-state index in [1.807, 2.05) is 42.5 Å². The predicted molar refractivity (Wildman–Crippen MR) is 96.1 cm³/mol. The minimum Gasteiger partial charge on any atom is -0.355 e. The standard InChI is InChI=1S/C19H15N3O2/c20-13-17-15(16-9-4-5-12-19(16)22(23)24)10-6-11-18(17)21-14-7-2-1-3-8-14/h1-13,20-21H. The van der Waals surface area contributed by atoms with E-state index in [0.717, 1.165) is 11.4 Å². The molecule has 118 valence electrons. The second-order valence-electron chi connectivity index (χ2n) is 5.18. The maximum Gasteiger partial charge on any atom is 0.277 e. The lowest BCUT2D eigenvalue weighted by molar-refractivity contribution is -0.384. The molecule has 0 heterocycles. The summed E-state index contributed by atoms with van der Waals surface area (Å²) in [7, 11) is 0. The highest BCUT2D eigenvalue weighted by molar-refractivity contribution is 5.98. The average molecular weight is 317 g/mol. The molecule has 0 saturated heterocycles. The highest BCUT2D eigenvalue weighted by atomic mass is 16.6. The second kappa shape index (κ2) is 6.75. The zero-order chi connectivity index (χ0) is 16.9. The molecule has 5 nitrogen and oxygen atoms in total. The van der Waals surface area contributed by atoms with Gasteiger partial charge in [0.05, 0.1) is 10.5 Å². The highest BCUT2D eigenvalue weighted by Gasteiger charge is 2.17. The van der Waals surface area contributed by atoms with Crippen molar-refractivity contribution in [3.8, 4) is 11.1 Å². The van der Waals surface area contributed by atoms with Gasteiger partial charge in [0.1, 0.15) is 0 Å². The van der Waals surface area contributed by atoms with E-state index < -0.39 is 4.92 Å². The molecule has 5 heteroatoms. The maximum atomic E-state index is 11.3. The molecule has 0 radical (unpaired) electrons. The lowest BCUT2D eigenvalue weighted by Crippen LogP contribution is -1.99. The molecule has 0 unspecified atom stereocenters. The van der Waals surface area contributed by atoms with Gasteiger partial charge in [-0.1, -0.05) is 42.5 Å². The van der Waals surface area contributed by atoms with Crippen molar-refractivity contribution in [1.82, 2.24) is 0 Å². The summed E-state index contributed by atoms with van der Waals surface area (Å²) < 4.78 is 0. The molecular formula is C19H15N3O2. The monoisotopic (exact) mass is 317 g/mol. The first-order valence-corrected chi connectivity index (χ1v) is 7.40. The fraction of sp³-hybridized carbons (Fsp3) is 0. The Kier molecular flexibility index (Phi) is 4.34. The van der Waals surface area contributed by atoms with E-state index in [1.165, 1.54) is 12.3 Å².